The number of nitrogens with zero attached hydrogens (tertiary/aromatic N) is 2. The van der Waals surface area contributed by atoms with Gasteiger partial charge in [0.25, 0.3) is 5.91 Å². The van der Waals surface area contributed by atoms with E-state index in [1.165, 1.54) is 49.9 Å². The molecule has 22 heavy (non-hydrogen) atoms. The molecule has 0 aromatic heterocycles. The molecule has 1 aromatic rings. The van der Waals surface area contributed by atoms with E-state index in [4.69, 9.17) is 0 Å². The number of amides is 1. The van der Waals surface area contributed by atoms with Crippen molar-refractivity contribution in [2.75, 3.05) is 26.2 Å². The minimum atomic E-state index is 0.314. The molecule has 116 valence electrons. The van der Waals surface area contributed by atoms with Gasteiger partial charge in [0, 0.05) is 30.6 Å². The summed E-state index contributed by atoms with van der Waals surface area (Å²) in [7, 11) is 0. The zero-order chi connectivity index (χ0) is 14.7. The summed E-state index contributed by atoms with van der Waals surface area (Å²) < 4.78 is 0. The number of carbonyl (C=O) groups excluding carboxylic acids is 1. The quantitative estimate of drug-likeness (QED) is 0.795. The summed E-state index contributed by atoms with van der Waals surface area (Å²) >= 11 is 0. The van der Waals surface area contributed by atoms with E-state index in [9.17, 15) is 4.79 Å². The zero-order valence-corrected chi connectivity index (χ0v) is 13.1. The van der Waals surface area contributed by atoms with Crippen LogP contribution in [0.1, 0.15) is 53.1 Å². The molecule has 3 heteroatoms. The van der Waals surface area contributed by atoms with Crippen molar-refractivity contribution in [1.82, 2.24) is 9.80 Å². The summed E-state index contributed by atoms with van der Waals surface area (Å²) in [5, 5.41) is 0. The fourth-order valence-electron chi connectivity index (χ4n) is 5.41. The fourth-order valence-corrected chi connectivity index (χ4v) is 5.41. The molecule has 0 saturated carbocycles. The molecule has 3 fully saturated rings. The average Bonchev–Trinajstić information content (AvgIpc) is 2.59. The van der Waals surface area contributed by atoms with Crippen molar-refractivity contribution in [3.63, 3.8) is 0 Å². The van der Waals surface area contributed by atoms with Gasteiger partial charge in [-0.1, -0.05) is 12.1 Å². The Morgan fingerprint density at radius 3 is 2.68 bits per heavy atom. The number of aryl methyl sites for hydroxylation is 1. The Balaban J connectivity index is 1.53. The normalized spacial score (nSPS) is 36.4. The Morgan fingerprint density at radius 2 is 1.91 bits per heavy atom. The van der Waals surface area contributed by atoms with E-state index in [1.54, 1.807) is 0 Å². The minimum Gasteiger partial charge on any atom is -0.333 e. The third kappa shape index (κ3) is 1.81. The second kappa shape index (κ2) is 4.82. The molecule has 3 nitrogen and oxygen atoms in total. The first-order chi connectivity index (χ1) is 10.8. The van der Waals surface area contributed by atoms with Crippen molar-refractivity contribution in [3.8, 4) is 0 Å². The first-order valence-corrected chi connectivity index (χ1v) is 8.96. The highest BCUT2D eigenvalue weighted by Crippen LogP contribution is 2.41. The van der Waals surface area contributed by atoms with Crippen molar-refractivity contribution < 1.29 is 4.79 Å². The number of benzene rings is 1. The van der Waals surface area contributed by atoms with Gasteiger partial charge in [-0.3, -0.25) is 4.79 Å². The maximum Gasteiger partial charge on any atom is 0.254 e. The third-order valence-corrected chi connectivity index (χ3v) is 6.53. The second-order valence-corrected chi connectivity index (χ2v) is 7.63. The lowest BCUT2D eigenvalue weighted by atomic mass is 9.75. The number of piperidine rings is 3. The van der Waals surface area contributed by atoms with Crippen LogP contribution in [0.4, 0.5) is 0 Å². The van der Waals surface area contributed by atoms with E-state index in [0.717, 1.165) is 31.0 Å². The van der Waals surface area contributed by atoms with Gasteiger partial charge in [-0.15, -0.1) is 0 Å². The van der Waals surface area contributed by atoms with Crippen molar-refractivity contribution in [2.24, 2.45) is 5.92 Å². The fraction of sp³-hybridized carbons (Fsp3) is 0.632. The van der Waals surface area contributed by atoms with Crippen molar-refractivity contribution in [2.45, 2.75) is 44.1 Å². The zero-order valence-electron chi connectivity index (χ0n) is 13.1. The highest BCUT2D eigenvalue weighted by atomic mass is 16.2. The molecular weight excluding hydrogens is 272 g/mol. The van der Waals surface area contributed by atoms with E-state index in [-0.39, 0.29) is 0 Å². The van der Waals surface area contributed by atoms with Crippen LogP contribution in [-0.2, 0) is 6.42 Å². The lowest BCUT2D eigenvalue weighted by Gasteiger charge is -2.51. The summed E-state index contributed by atoms with van der Waals surface area (Å²) in [6.45, 7) is 4.57. The van der Waals surface area contributed by atoms with Crippen LogP contribution in [0.25, 0.3) is 0 Å². The molecule has 2 atom stereocenters. The number of carbonyl (C=O) groups is 1. The third-order valence-electron chi connectivity index (χ3n) is 6.53. The maximum absolute atomic E-state index is 13.1. The smallest absolute Gasteiger partial charge is 0.254 e. The van der Waals surface area contributed by atoms with Gasteiger partial charge in [-0.2, -0.15) is 0 Å². The molecule has 1 aliphatic carbocycles. The predicted molar refractivity (Wildman–Crippen MR) is 86.1 cm³/mol. The van der Waals surface area contributed by atoms with Crippen LogP contribution in [0.15, 0.2) is 18.2 Å². The van der Waals surface area contributed by atoms with Gasteiger partial charge in [0.2, 0.25) is 0 Å². The SMILES string of the molecule is O=C1c2cccc3c2[C@H](CCC3)CN1[C@H]1CN2CCC1CC2. The Labute approximate surface area is 132 Å². The van der Waals surface area contributed by atoms with Gasteiger partial charge in [0.1, 0.15) is 0 Å². The predicted octanol–water partition coefficient (Wildman–Crippen LogP) is 2.66. The Morgan fingerprint density at radius 1 is 1.05 bits per heavy atom. The van der Waals surface area contributed by atoms with Gasteiger partial charge in [0.15, 0.2) is 0 Å². The van der Waals surface area contributed by atoms with Crippen LogP contribution in [0.2, 0.25) is 0 Å². The number of rotatable bonds is 1. The topological polar surface area (TPSA) is 23.6 Å². The highest BCUT2D eigenvalue weighted by Gasteiger charge is 2.43. The Bertz CT molecular complexity index is 618. The van der Waals surface area contributed by atoms with Crippen LogP contribution in [0.3, 0.4) is 0 Å². The lowest BCUT2D eigenvalue weighted by Crippen LogP contribution is -2.60. The first kappa shape index (κ1) is 13.1. The van der Waals surface area contributed by atoms with Crippen LogP contribution in [-0.4, -0.2) is 47.9 Å². The molecule has 0 radical (unpaired) electrons. The second-order valence-electron chi connectivity index (χ2n) is 7.63. The van der Waals surface area contributed by atoms with E-state index in [0.29, 0.717) is 17.9 Å². The number of fused-ring (bicyclic) bond motifs is 3. The molecule has 3 saturated heterocycles. The summed E-state index contributed by atoms with van der Waals surface area (Å²) in [6, 6.07) is 6.87. The van der Waals surface area contributed by atoms with Gasteiger partial charge >= 0.3 is 0 Å². The lowest BCUT2D eigenvalue weighted by molar-refractivity contribution is 0.00258. The van der Waals surface area contributed by atoms with Gasteiger partial charge in [0.05, 0.1) is 0 Å². The van der Waals surface area contributed by atoms with Crippen LogP contribution in [0.5, 0.6) is 0 Å². The molecule has 0 spiro atoms. The van der Waals surface area contributed by atoms with Gasteiger partial charge in [-0.25, -0.2) is 0 Å². The summed E-state index contributed by atoms with van der Waals surface area (Å²) in [4.78, 5) is 18.0. The molecule has 0 unspecified atom stereocenters. The highest BCUT2D eigenvalue weighted by molar-refractivity contribution is 5.97. The first-order valence-electron chi connectivity index (χ1n) is 8.96. The van der Waals surface area contributed by atoms with E-state index >= 15 is 0 Å². The number of hydrogen-bond donors (Lipinski definition) is 0. The molecule has 4 heterocycles. The summed E-state index contributed by atoms with van der Waals surface area (Å²) in [5.74, 6) is 1.64. The molecule has 2 bridgehead atoms. The van der Waals surface area contributed by atoms with E-state index in [2.05, 4.69) is 28.0 Å². The van der Waals surface area contributed by atoms with Gasteiger partial charge in [-0.05, 0) is 68.3 Å². The van der Waals surface area contributed by atoms with Crippen molar-refractivity contribution in [1.29, 1.82) is 0 Å². The van der Waals surface area contributed by atoms with Crippen molar-refractivity contribution in [3.05, 3.63) is 34.9 Å². The molecule has 4 aliphatic heterocycles. The minimum absolute atomic E-state index is 0.314. The van der Waals surface area contributed by atoms with Crippen LogP contribution < -0.4 is 0 Å². The monoisotopic (exact) mass is 296 g/mol. The summed E-state index contributed by atoms with van der Waals surface area (Å²) in [6.07, 6.45) is 6.27. The van der Waals surface area contributed by atoms with Crippen LogP contribution in [0, 0.1) is 5.92 Å². The van der Waals surface area contributed by atoms with Crippen LogP contribution >= 0.6 is 0 Å². The van der Waals surface area contributed by atoms with Gasteiger partial charge < -0.3 is 9.80 Å². The average molecular weight is 296 g/mol. The molecule has 0 N–H and O–H groups in total. The summed E-state index contributed by atoms with van der Waals surface area (Å²) in [5.41, 5.74) is 3.86. The molecule has 5 aliphatic rings. The van der Waals surface area contributed by atoms with E-state index < -0.39 is 0 Å². The molecule has 1 aromatic carbocycles. The Hall–Kier alpha value is -1.35. The molecular formula is C19H24N2O. The maximum atomic E-state index is 13.1. The Kier molecular flexibility index (Phi) is 2.88. The molecule has 6 rings (SSSR count). The van der Waals surface area contributed by atoms with E-state index in [1.807, 2.05) is 0 Å². The molecule has 1 amide bonds. The largest absolute Gasteiger partial charge is 0.333 e. The standard InChI is InChI=1S/C19H24N2O/c22-19-16-6-2-4-14-3-1-5-15(18(14)16)11-21(19)17-12-20-9-7-13(17)8-10-20/h2,4,6,13,15,17H,1,3,5,7-12H2/t15-,17+/m1/s1. The number of hydrogen-bond acceptors (Lipinski definition) is 2. The van der Waals surface area contributed by atoms with Crippen molar-refractivity contribution >= 4 is 5.91 Å².